The smallest absolute Gasteiger partial charge is 0.203 e. The molecule has 2 aromatic carbocycles. The number of fused-ring (bicyclic) bond motifs is 1. The van der Waals surface area contributed by atoms with Gasteiger partial charge >= 0.3 is 0 Å². The van der Waals surface area contributed by atoms with Crippen molar-refractivity contribution in [2.75, 3.05) is 51.3 Å². The molecule has 0 saturated carbocycles. The predicted molar refractivity (Wildman–Crippen MR) is 133 cm³/mol. The number of benzene rings is 2. The molecule has 3 aromatic rings. The van der Waals surface area contributed by atoms with Gasteiger partial charge in [-0.25, -0.2) is 4.98 Å². The number of hydrogen-bond acceptors (Lipinski definition) is 5. The van der Waals surface area contributed by atoms with Crippen molar-refractivity contribution in [1.29, 1.82) is 0 Å². The molecule has 5 rings (SSSR count). The van der Waals surface area contributed by atoms with Crippen LogP contribution in [0, 0.1) is 0 Å². The minimum atomic E-state index is 0.0324. The Labute approximate surface area is 196 Å². The van der Waals surface area contributed by atoms with E-state index in [4.69, 9.17) is 14.5 Å². The standard InChI is InChI=1S/C27H36N4O2/c1-30-25-8-3-2-7-24(25)29-26(30)28-21-27(13-19-32-20-14-27)22-9-11-23(12-10-22)33-18-6-17-31-15-4-5-16-31/h2-3,7-12H,4-6,13-21H2,1H3,(H,28,29). The number of nitrogens with one attached hydrogen (secondary N) is 1. The van der Waals surface area contributed by atoms with E-state index < -0.39 is 0 Å². The van der Waals surface area contributed by atoms with Gasteiger partial charge in [-0.15, -0.1) is 0 Å². The monoisotopic (exact) mass is 448 g/mol. The normalized spacial score (nSPS) is 18.6. The van der Waals surface area contributed by atoms with Crippen LogP contribution in [0.25, 0.3) is 11.0 Å². The second-order valence-corrected chi connectivity index (χ2v) is 9.50. The highest BCUT2D eigenvalue weighted by atomic mass is 16.5. The maximum absolute atomic E-state index is 6.04. The Kier molecular flexibility index (Phi) is 6.83. The first-order valence-corrected chi connectivity index (χ1v) is 12.4. The predicted octanol–water partition coefficient (Wildman–Crippen LogP) is 4.60. The molecule has 3 heterocycles. The van der Waals surface area contributed by atoms with Gasteiger partial charge in [0.1, 0.15) is 5.75 Å². The zero-order chi connectivity index (χ0) is 22.5. The average molecular weight is 449 g/mol. The number of likely N-dealkylation sites (tertiary alicyclic amines) is 1. The topological polar surface area (TPSA) is 51.5 Å². The summed E-state index contributed by atoms with van der Waals surface area (Å²) in [7, 11) is 2.07. The maximum atomic E-state index is 6.04. The lowest BCUT2D eigenvalue weighted by molar-refractivity contribution is 0.0543. The number of ether oxygens (including phenoxy) is 2. The number of aromatic nitrogens is 2. The largest absolute Gasteiger partial charge is 0.494 e. The van der Waals surface area contributed by atoms with Crippen LogP contribution in [-0.4, -0.2) is 60.5 Å². The molecular formula is C27H36N4O2. The summed E-state index contributed by atoms with van der Waals surface area (Å²) in [5, 5.41) is 3.66. The first-order chi connectivity index (χ1) is 16.2. The van der Waals surface area contributed by atoms with Gasteiger partial charge in [0.25, 0.3) is 0 Å². The molecule has 2 fully saturated rings. The molecule has 33 heavy (non-hydrogen) atoms. The van der Waals surface area contributed by atoms with E-state index in [9.17, 15) is 0 Å². The summed E-state index contributed by atoms with van der Waals surface area (Å²) in [6, 6.07) is 17.0. The highest BCUT2D eigenvalue weighted by Gasteiger charge is 2.34. The second-order valence-electron chi connectivity index (χ2n) is 9.50. The van der Waals surface area contributed by atoms with E-state index in [0.29, 0.717) is 0 Å². The van der Waals surface area contributed by atoms with Crippen molar-refractivity contribution in [2.24, 2.45) is 7.05 Å². The summed E-state index contributed by atoms with van der Waals surface area (Å²) >= 11 is 0. The minimum absolute atomic E-state index is 0.0324. The van der Waals surface area contributed by atoms with Gasteiger partial charge in [-0.05, 0) is 75.0 Å². The molecule has 0 amide bonds. The number of para-hydroxylation sites is 2. The summed E-state index contributed by atoms with van der Waals surface area (Å²) in [6.07, 6.45) is 5.78. The molecular weight excluding hydrogens is 412 g/mol. The lowest BCUT2D eigenvalue weighted by Crippen LogP contribution is -2.40. The molecule has 0 aliphatic carbocycles. The number of rotatable bonds is 9. The van der Waals surface area contributed by atoms with Crippen LogP contribution >= 0.6 is 0 Å². The Morgan fingerprint density at radius 1 is 1.03 bits per heavy atom. The van der Waals surface area contributed by atoms with Gasteiger partial charge < -0.3 is 24.3 Å². The molecule has 0 spiro atoms. The molecule has 0 radical (unpaired) electrons. The summed E-state index contributed by atoms with van der Waals surface area (Å²) in [5.74, 6) is 1.88. The SMILES string of the molecule is Cn1c(NCC2(c3ccc(OCCCN4CCCC4)cc3)CCOCC2)nc2ccccc21. The van der Waals surface area contributed by atoms with Crippen molar-refractivity contribution < 1.29 is 9.47 Å². The van der Waals surface area contributed by atoms with Crippen LogP contribution in [0.5, 0.6) is 5.75 Å². The van der Waals surface area contributed by atoms with Crippen LogP contribution in [0.1, 0.15) is 37.7 Å². The highest BCUT2D eigenvalue weighted by Crippen LogP contribution is 2.36. The molecule has 6 nitrogen and oxygen atoms in total. The van der Waals surface area contributed by atoms with Crippen LogP contribution in [-0.2, 0) is 17.2 Å². The van der Waals surface area contributed by atoms with Crippen LogP contribution in [0.15, 0.2) is 48.5 Å². The molecule has 2 aliphatic heterocycles. The molecule has 2 saturated heterocycles. The van der Waals surface area contributed by atoms with E-state index in [-0.39, 0.29) is 5.41 Å². The Balaban J connectivity index is 1.23. The second kappa shape index (κ2) is 10.1. The third kappa shape index (κ3) is 5.02. The van der Waals surface area contributed by atoms with Crippen molar-refractivity contribution in [1.82, 2.24) is 14.5 Å². The van der Waals surface area contributed by atoms with E-state index in [1.807, 2.05) is 6.07 Å². The average Bonchev–Trinajstić information content (AvgIpc) is 3.50. The van der Waals surface area contributed by atoms with E-state index in [2.05, 4.69) is 64.3 Å². The van der Waals surface area contributed by atoms with E-state index in [0.717, 1.165) is 74.9 Å². The lowest BCUT2D eigenvalue weighted by atomic mass is 9.74. The van der Waals surface area contributed by atoms with Crippen LogP contribution < -0.4 is 10.1 Å². The van der Waals surface area contributed by atoms with Gasteiger partial charge in [-0.2, -0.15) is 0 Å². The Morgan fingerprint density at radius 2 is 1.79 bits per heavy atom. The van der Waals surface area contributed by atoms with Gasteiger partial charge in [0.15, 0.2) is 0 Å². The first-order valence-electron chi connectivity index (χ1n) is 12.4. The summed E-state index contributed by atoms with van der Waals surface area (Å²) < 4.78 is 13.9. The van der Waals surface area contributed by atoms with Crippen LogP contribution in [0.4, 0.5) is 5.95 Å². The van der Waals surface area contributed by atoms with Gasteiger partial charge in [-0.3, -0.25) is 0 Å². The van der Waals surface area contributed by atoms with Crippen molar-refractivity contribution in [3.63, 3.8) is 0 Å². The third-order valence-electron chi connectivity index (χ3n) is 7.37. The molecule has 1 N–H and O–H groups in total. The minimum Gasteiger partial charge on any atom is -0.494 e. The summed E-state index contributed by atoms with van der Waals surface area (Å²) in [6.45, 7) is 6.85. The Hall–Kier alpha value is -2.57. The zero-order valence-electron chi connectivity index (χ0n) is 19.8. The van der Waals surface area contributed by atoms with Crippen molar-refractivity contribution in [3.8, 4) is 5.75 Å². The third-order valence-corrected chi connectivity index (χ3v) is 7.37. The van der Waals surface area contributed by atoms with Gasteiger partial charge in [0.2, 0.25) is 5.95 Å². The van der Waals surface area contributed by atoms with Crippen molar-refractivity contribution >= 4 is 17.0 Å². The number of anilines is 1. The van der Waals surface area contributed by atoms with Gasteiger partial charge in [0, 0.05) is 38.8 Å². The van der Waals surface area contributed by atoms with Crippen molar-refractivity contribution in [3.05, 3.63) is 54.1 Å². The van der Waals surface area contributed by atoms with Gasteiger partial charge in [-0.1, -0.05) is 24.3 Å². The lowest BCUT2D eigenvalue weighted by Gasteiger charge is -2.38. The van der Waals surface area contributed by atoms with E-state index in [1.165, 1.54) is 31.5 Å². The number of nitrogens with zero attached hydrogens (tertiary/aromatic N) is 3. The van der Waals surface area contributed by atoms with Crippen LogP contribution in [0.3, 0.4) is 0 Å². The fourth-order valence-corrected chi connectivity index (χ4v) is 5.27. The Bertz CT molecular complexity index is 1030. The number of imidazole rings is 1. The highest BCUT2D eigenvalue weighted by molar-refractivity contribution is 5.78. The molecule has 6 heteroatoms. The fraction of sp³-hybridized carbons (Fsp3) is 0.519. The van der Waals surface area contributed by atoms with E-state index in [1.54, 1.807) is 0 Å². The molecule has 0 bridgehead atoms. The van der Waals surface area contributed by atoms with Crippen molar-refractivity contribution in [2.45, 2.75) is 37.5 Å². The molecule has 2 aliphatic rings. The summed E-state index contributed by atoms with van der Waals surface area (Å²) in [4.78, 5) is 7.34. The molecule has 1 aromatic heterocycles. The van der Waals surface area contributed by atoms with E-state index >= 15 is 0 Å². The molecule has 0 unspecified atom stereocenters. The first kappa shape index (κ1) is 22.2. The summed E-state index contributed by atoms with van der Waals surface area (Å²) in [5.41, 5.74) is 3.55. The van der Waals surface area contributed by atoms with Crippen LogP contribution in [0.2, 0.25) is 0 Å². The number of hydrogen-bond donors (Lipinski definition) is 1. The van der Waals surface area contributed by atoms with Gasteiger partial charge in [0.05, 0.1) is 17.6 Å². The zero-order valence-corrected chi connectivity index (χ0v) is 19.8. The maximum Gasteiger partial charge on any atom is 0.203 e. The molecule has 176 valence electrons. The fourth-order valence-electron chi connectivity index (χ4n) is 5.27. The molecule has 0 atom stereocenters. The quantitative estimate of drug-likeness (QED) is 0.485. The number of aryl methyl sites for hydroxylation is 1. The Morgan fingerprint density at radius 3 is 2.55 bits per heavy atom.